The first kappa shape index (κ1) is 17.7. The molecule has 0 radical (unpaired) electrons. The monoisotopic (exact) mass is 400 g/mol. The van der Waals surface area contributed by atoms with Gasteiger partial charge in [-0.05, 0) is 56.2 Å². The summed E-state index contributed by atoms with van der Waals surface area (Å²) in [5, 5.41) is 2.93. The summed E-state index contributed by atoms with van der Waals surface area (Å²) < 4.78 is 1.00. The van der Waals surface area contributed by atoms with E-state index >= 15 is 0 Å². The molecule has 0 bridgehead atoms. The Labute approximate surface area is 156 Å². The van der Waals surface area contributed by atoms with Crippen LogP contribution in [0.2, 0.25) is 0 Å². The van der Waals surface area contributed by atoms with Crippen molar-refractivity contribution < 1.29 is 9.59 Å². The van der Waals surface area contributed by atoms with Gasteiger partial charge in [0.2, 0.25) is 11.8 Å². The van der Waals surface area contributed by atoms with Crippen LogP contribution < -0.4 is 10.2 Å². The molecule has 1 atom stereocenters. The number of halogens is 1. The highest BCUT2D eigenvalue weighted by Gasteiger charge is 2.35. The maximum atomic E-state index is 12.6. The number of rotatable bonds is 3. The van der Waals surface area contributed by atoms with Gasteiger partial charge in [0.05, 0.1) is 5.92 Å². The van der Waals surface area contributed by atoms with Gasteiger partial charge in [0, 0.05) is 28.8 Å². The van der Waals surface area contributed by atoms with E-state index in [-0.39, 0.29) is 24.2 Å². The van der Waals surface area contributed by atoms with Crippen LogP contribution in [0, 0.1) is 26.7 Å². The van der Waals surface area contributed by atoms with Crippen LogP contribution in [0.1, 0.15) is 23.1 Å². The first-order chi connectivity index (χ1) is 11.8. The number of nitrogens with zero attached hydrogens (tertiary/aromatic N) is 1. The molecule has 1 aliphatic heterocycles. The Balaban J connectivity index is 1.73. The van der Waals surface area contributed by atoms with Crippen LogP contribution in [0.5, 0.6) is 0 Å². The van der Waals surface area contributed by atoms with E-state index in [9.17, 15) is 9.59 Å². The van der Waals surface area contributed by atoms with Gasteiger partial charge in [-0.1, -0.05) is 33.6 Å². The van der Waals surface area contributed by atoms with Crippen LogP contribution >= 0.6 is 15.9 Å². The first-order valence-corrected chi connectivity index (χ1v) is 9.09. The molecule has 1 fully saturated rings. The number of amides is 2. The molecule has 5 heteroatoms. The molecule has 130 valence electrons. The van der Waals surface area contributed by atoms with E-state index in [0.717, 1.165) is 32.5 Å². The van der Waals surface area contributed by atoms with Gasteiger partial charge in [0.25, 0.3) is 0 Å². The topological polar surface area (TPSA) is 49.4 Å². The zero-order chi connectivity index (χ0) is 18.1. The number of anilines is 2. The summed E-state index contributed by atoms with van der Waals surface area (Å²) in [6, 6.07) is 11.7. The van der Waals surface area contributed by atoms with Gasteiger partial charge >= 0.3 is 0 Å². The molecule has 1 N–H and O–H groups in total. The summed E-state index contributed by atoms with van der Waals surface area (Å²) >= 11 is 3.45. The Hall–Kier alpha value is -2.14. The minimum atomic E-state index is -0.336. The average molecular weight is 401 g/mol. The lowest BCUT2D eigenvalue weighted by atomic mass is 10.1. The molecule has 0 spiro atoms. The summed E-state index contributed by atoms with van der Waals surface area (Å²) in [5.41, 5.74) is 4.91. The third-order valence-electron chi connectivity index (χ3n) is 4.56. The molecular formula is C20H21BrN2O2. The zero-order valence-corrected chi connectivity index (χ0v) is 16.2. The van der Waals surface area contributed by atoms with Gasteiger partial charge in [-0.15, -0.1) is 0 Å². The summed E-state index contributed by atoms with van der Waals surface area (Å²) in [5.74, 6) is -0.446. The summed E-state index contributed by atoms with van der Waals surface area (Å²) in [6.07, 6.45) is 0.245. The van der Waals surface area contributed by atoms with Crippen molar-refractivity contribution >= 4 is 39.1 Å². The van der Waals surface area contributed by atoms with Gasteiger partial charge in [-0.25, -0.2) is 0 Å². The number of carbonyl (C=O) groups excluding carboxylic acids is 2. The minimum absolute atomic E-state index is 0.000843. The third-order valence-corrected chi connectivity index (χ3v) is 5.45. The van der Waals surface area contributed by atoms with Crippen molar-refractivity contribution in [1.29, 1.82) is 0 Å². The van der Waals surface area contributed by atoms with Crippen molar-refractivity contribution in [1.82, 2.24) is 0 Å². The Morgan fingerprint density at radius 2 is 1.88 bits per heavy atom. The number of aryl methyl sites for hydroxylation is 3. The highest BCUT2D eigenvalue weighted by Crippen LogP contribution is 2.29. The van der Waals surface area contributed by atoms with Crippen LogP contribution in [-0.2, 0) is 9.59 Å². The molecule has 4 nitrogen and oxygen atoms in total. The van der Waals surface area contributed by atoms with E-state index in [1.807, 2.05) is 51.1 Å². The van der Waals surface area contributed by atoms with Gasteiger partial charge < -0.3 is 10.2 Å². The predicted molar refractivity (Wildman–Crippen MR) is 104 cm³/mol. The summed E-state index contributed by atoms with van der Waals surface area (Å²) in [4.78, 5) is 26.7. The van der Waals surface area contributed by atoms with E-state index in [0.29, 0.717) is 6.54 Å². The van der Waals surface area contributed by atoms with Crippen LogP contribution in [0.4, 0.5) is 11.4 Å². The lowest BCUT2D eigenvalue weighted by Gasteiger charge is -2.19. The average Bonchev–Trinajstić information content (AvgIpc) is 2.93. The van der Waals surface area contributed by atoms with Crippen molar-refractivity contribution in [2.75, 3.05) is 16.8 Å². The highest BCUT2D eigenvalue weighted by atomic mass is 79.9. The van der Waals surface area contributed by atoms with E-state index in [1.54, 1.807) is 4.90 Å². The number of nitrogens with one attached hydrogen (secondary N) is 1. The molecule has 2 amide bonds. The number of carbonyl (C=O) groups is 2. The zero-order valence-electron chi connectivity index (χ0n) is 14.6. The Bertz CT molecular complexity index is 848. The number of hydrogen-bond donors (Lipinski definition) is 1. The summed E-state index contributed by atoms with van der Waals surface area (Å²) in [7, 11) is 0. The lowest BCUT2D eigenvalue weighted by molar-refractivity contribution is -0.122. The van der Waals surface area contributed by atoms with Crippen molar-refractivity contribution in [3.8, 4) is 0 Å². The smallest absolute Gasteiger partial charge is 0.229 e. The fourth-order valence-corrected chi connectivity index (χ4v) is 3.44. The Morgan fingerprint density at radius 1 is 1.12 bits per heavy atom. The standard InChI is InChI=1S/C20H21BrN2O2/c1-12-4-7-18(14(3)8-12)23-11-15(10-19(23)24)20(25)22-16-5-6-17(21)13(2)9-16/h4-9,15H,10-11H2,1-3H3,(H,22,25)/t15-/m1/s1. The molecule has 2 aromatic carbocycles. The maximum absolute atomic E-state index is 12.6. The molecule has 25 heavy (non-hydrogen) atoms. The van der Waals surface area contributed by atoms with E-state index in [2.05, 4.69) is 27.3 Å². The molecular weight excluding hydrogens is 380 g/mol. The minimum Gasteiger partial charge on any atom is -0.326 e. The van der Waals surface area contributed by atoms with Crippen molar-refractivity contribution in [2.45, 2.75) is 27.2 Å². The first-order valence-electron chi connectivity index (χ1n) is 8.30. The highest BCUT2D eigenvalue weighted by molar-refractivity contribution is 9.10. The van der Waals surface area contributed by atoms with Crippen LogP contribution in [0.25, 0.3) is 0 Å². The van der Waals surface area contributed by atoms with Gasteiger partial charge in [0.15, 0.2) is 0 Å². The van der Waals surface area contributed by atoms with Crippen LogP contribution in [0.3, 0.4) is 0 Å². The van der Waals surface area contributed by atoms with Gasteiger partial charge in [0.1, 0.15) is 0 Å². The fraction of sp³-hybridized carbons (Fsp3) is 0.300. The van der Waals surface area contributed by atoms with E-state index in [1.165, 1.54) is 0 Å². The van der Waals surface area contributed by atoms with Gasteiger partial charge in [-0.3, -0.25) is 9.59 Å². The molecule has 0 saturated carbocycles. The molecule has 3 rings (SSSR count). The normalized spacial score (nSPS) is 17.0. The van der Waals surface area contributed by atoms with E-state index < -0.39 is 0 Å². The van der Waals surface area contributed by atoms with Crippen molar-refractivity contribution in [3.63, 3.8) is 0 Å². The van der Waals surface area contributed by atoms with Crippen LogP contribution in [0.15, 0.2) is 40.9 Å². The molecule has 1 aliphatic rings. The maximum Gasteiger partial charge on any atom is 0.229 e. The third kappa shape index (κ3) is 3.76. The second-order valence-corrected chi connectivity index (χ2v) is 7.50. The summed E-state index contributed by atoms with van der Waals surface area (Å²) in [6.45, 7) is 6.41. The molecule has 0 unspecified atom stereocenters. The number of benzene rings is 2. The lowest BCUT2D eigenvalue weighted by Crippen LogP contribution is -2.28. The van der Waals surface area contributed by atoms with Crippen LogP contribution in [-0.4, -0.2) is 18.4 Å². The largest absolute Gasteiger partial charge is 0.326 e. The second kappa shape index (κ2) is 7.00. The van der Waals surface area contributed by atoms with Crippen molar-refractivity contribution in [3.05, 3.63) is 57.6 Å². The quantitative estimate of drug-likeness (QED) is 0.831. The SMILES string of the molecule is Cc1ccc(N2C[C@H](C(=O)Nc3ccc(Br)c(C)c3)CC2=O)c(C)c1. The second-order valence-electron chi connectivity index (χ2n) is 6.65. The predicted octanol–water partition coefficient (Wildman–Crippen LogP) is 4.37. The molecule has 0 aliphatic carbocycles. The van der Waals surface area contributed by atoms with Gasteiger partial charge in [-0.2, -0.15) is 0 Å². The van der Waals surface area contributed by atoms with Crippen molar-refractivity contribution in [2.24, 2.45) is 5.92 Å². The molecule has 2 aromatic rings. The number of hydrogen-bond acceptors (Lipinski definition) is 2. The molecule has 1 heterocycles. The Kier molecular flexibility index (Phi) is 4.95. The molecule has 0 aromatic heterocycles. The Morgan fingerprint density at radius 3 is 2.56 bits per heavy atom. The van der Waals surface area contributed by atoms with E-state index in [4.69, 9.17) is 0 Å². The molecule has 1 saturated heterocycles. The fourth-order valence-electron chi connectivity index (χ4n) is 3.19.